The summed E-state index contributed by atoms with van der Waals surface area (Å²) in [6.07, 6.45) is -4.08. The van der Waals surface area contributed by atoms with Crippen molar-refractivity contribution in [3.63, 3.8) is 0 Å². The smallest absolute Gasteiger partial charge is 0.382 e. The van der Waals surface area contributed by atoms with Crippen molar-refractivity contribution in [2.75, 3.05) is 6.54 Å². The Morgan fingerprint density at radius 2 is 2.20 bits per heavy atom. The number of aliphatic hydroxyl groups is 1. The molecule has 0 radical (unpaired) electrons. The van der Waals surface area contributed by atoms with Gasteiger partial charge in [0.25, 0.3) is 0 Å². The van der Waals surface area contributed by atoms with E-state index in [4.69, 9.17) is 5.11 Å². The monoisotopic (exact) mass is 287 g/mol. The van der Waals surface area contributed by atoms with Crippen LogP contribution >= 0.6 is 0 Å². The van der Waals surface area contributed by atoms with Gasteiger partial charge in [0.1, 0.15) is 5.65 Å². The van der Waals surface area contributed by atoms with Gasteiger partial charge in [0.2, 0.25) is 5.91 Å². The summed E-state index contributed by atoms with van der Waals surface area (Å²) in [7, 11) is 0. The largest absolute Gasteiger partial charge is 0.416 e. The summed E-state index contributed by atoms with van der Waals surface area (Å²) in [6.45, 7) is -0.865. The van der Waals surface area contributed by atoms with Crippen molar-refractivity contribution in [1.29, 1.82) is 0 Å². The fourth-order valence-electron chi connectivity index (χ4n) is 1.63. The minimum absolute atomic E-state index is 0.147. The zero-order valence-corrected chi connectivity index (χ0v) is 10.3. The molecule has 8 heteroatoms. The molecule has 0 saturated heterocycles. The first-order chi connectivity index (χ1) is 9.36. The number of fused-ring (bicyclic) bond motifs is 1. The lowest BCUT2D eigenvalue weighted by Crippen LogP contribution is -2.41. The van der Waals surface area contributed by atoms with E-state index in [9.17, 15) is 18.0 Å². The maximum Gasteiger partial charge on any atom is 0.416 e. The van der Waals surface area contributed by atoms with Gasteiger partial charge in [-0.1, -0.05) is 6.07 Å². The van der Waals surface area contributed by atoms with E-state index in [1.165, 1.54) is 0 Å². The summed E-state index contributed by atoms with van der Waals surface area (Å²) in [5.74, 6) is -0.628. The highest BCUT2D eigenvalue weighted by molar-refractivity contribution is 5.78. The SMILES string of the molecule is O=C(Cc1cn2ccccc2n1)NCC(O)C(F)(F)F. The van der Waals surface area contributed by atoms with Crippen LogP contribution in [-0.4, -0.2) is 39.2 Å². The average molecular weight is 287 g/mol. The first-order valence-electron chi connectivity index (χ1n) is 5.80. The van der Waals surface area contributed by atoms with Gasteiger partial charge in [0.15, 0.2) is 6.10 Å². The first-order valence-corrected chi connectivity index (χ1v) is 5.80. The minimum Gasteiger partial charge on any atom is -0.382 e. The summed E-state index contributed by atoms with van der Waals surface area (Å²) in [4.78, 5) is 15.6. The van der Waals surface area contributed by atoms with E-state index >= 15 is 0 Å². The van der Waals surface area contributed by atoms with Crippen LogP contribution in [-0.2, 0) is 11.2 Å². The molecule has 0 spiro atoms. The van der Waals surface area contributed by atoms with Crippen molar-refractivity contribution in [2.24, 2.45) is 0 Å². The summed E-state index contributed by atoms with van der Waals surface area (Å²) in [6, 6.07) is 5.32. The molecular formula is C12H12F3N3O2. The summed E-state index contributed by atoms with van der Waals surface area (Å²) in [5.41, 5.74) is 1.08. The van der Waals surface area contributed by atoms with Crippen molar-refractivity contribution in [3.8, 4) is 0 Å². The van der Waals surface area contributed by atoms with E-state index in [1.807, 2.05) is 5.32 Å². The van der Waals surface area contributed by atoms with Gasteiger partial charge in [0.05, 0.1) is 18.7 Å². The molecule has 2 aromatic rings. The Morgan fingerprint density at radius 3 is 2.85 bits per heavy atom. The Bertz CT molecular complexity index is 576. The molecule has 2 aromatic heterocycles. The van der Waals surface area contributed by atoms with Crippen LogP contribution in [0.3, 0.4) is 0 Å². The van der Waals surface area contributed by atoms with Crippen LogP contribution < -0.4 is 5.32 Å². The molecule has 2 rings (SSSR count). The number of carbonyl (C=O) groups excluding carboxylic acids is 1. The third-order valence-corrected chi connectivity index (χ3v) is 2.63. The Balaban J connectivity index is 1.91. The highest BCUT2D eigenvalue weighted by atomic mass is 19.4. The van der Waals surface area contributed by atoms with Crippen molar-refractivity contribution in [3.05, 3.63) is 36.3 Å². The quantitative estimate of drug-likeness (QED) is 0.878. The lowest BCUT2D eigenvalue weighted by molar-refractivity contribution is -0.201. The third kappa shape index (κ3) is 3.47. The molecule has 2 N–H and O–H groups in total. The Labute approximate surface area is 112 Å². The topological polar surface area (TPSA) is 66.6 Å². The number of aliphatic hydroxyl groups excluding tert-OH is 1. The van der Waals surface area contributed by atoms with Crippen LogP contribution in [0.15, 0.2) is 30.6 Å². The number of hydrogen-bond donors (Lipinski definition) is 2. The Hall–Kier alpha value is -2.09. The van der Waals surface area contributed by atoms with Crippen LogP contribution in [0.2, 0.25) is 0 Å². The van der Waals surface area contributed by atoms with E-state index in [-0.39, 0.29) is 6.42 Å². The summed E-state index contributed by atoms with van der Waals surface area (Å²) < 4.78 is 37.8. The summed E-state index contributed by atoms with van der Waals surface area (Å²) >= 11 is 0. The Morgan fingerprint density at radius 1 is 1.45 bits per heavy atom. The third-order valence-electron chi connectivity index (χ3n) is 2.63. The molecule has 5 nitrogen and oxygen atoms in total. The van der Waals surface area contributed by atoms with Gasteiger partial charge in [-0.15, -0.1) is 0 Å². The van der Waals surface area contributed by atoms with Gasteiger partial charge in [-0.2, -0.15) is 13.2 Å². The van der Waals surface area contributed by atoms with Gasteiger partial charge in [-0.3, -0.25) is 4.79 Å². The highest BCUT2D eigenvalue weighted by Crippen LogP contribution is 2.19. The molecule has 0 saturated carbocycles. The van der Waals surface area contributed by atoms with Gasteiger partial charge >= 0.3 is 6.18 Å². The lowest BCUT2D eigenvalue weighted by Gasteiger charge is -2.14. The van der Waals surface area contributed by atoms with Crippen molar-refractivity contribution in [2.45, 2.75) is 18.7 Å². The normalized spacial score (nSPS) is 13.4. The van der Waals surface area contributed by atoms with Crippen LogP contribution in [0.25, 0.3) is 5.65 Å². The van der Waals surface area contributed by atoms with E-state index in [2.05, 4.69) is 4.98 Å². The molecule has 2 heterocycles. The van der Waals surface area contributed by atoms with E-state index in [0.717, 1.165) is 0 Å². The molecule has 0 aromatic carbocycles. The first kappa shape index (κ1) is 14.3. The molecule has 1 amide bonds. The maximum atomic E-state index is 12.0. The minimum atomic E-state index is -4.74. The Kier molecular flexibility index (Phi) is 3.93. The average Bonchev–Trinajstić information content (AvgIpc) is 2.76. The molecule has 108 valence electrons. The molecular weight excluding hydrogens is 275 g/mol. The second kappa shape index (κ2) is 5.49. The molecule has 0 aliphatic carbocycles. The molecule has 20 heavy (non-hydrogen) atoms. The van der Waals surface area contributed by atoms with Gasteiger partial charge in [0, 0.05) is 12.4 Å². The number of pyridine rings is 1. The fourth-order valence-corrected chi connectivity index (χ4v) is 1.63. The van der Waals surface area contributed by atoms with Gasteiger partial charge in [-0.05, 0) is 12.1 Å². The van der Waals surface area contributed by atoms with Crippen LogP contribution in [0, 0.1) is 0 Å². The number of imidazole rings is 1. The van der Waals surface area contributed by atoms with E-state index in [1.54, 1.807) is 35.0 Å². The molecule has 1 unspecified atom stereocenters. The van der Waals surface area contributed by atoms with Crippen molar-refractivity contribution in [1.82, 2.24) is 14.7 Å². The number of rotatable bonds is 4. The lowest BCUT2D eigenvalue weighted by atomic mass is 10.3. The van der Waals surface area contributed by atoms with E-state index < -0.39 is 24.7 Å². The second-order valence-corrected chi connectivity index (χ2v) is 4.24. The molecule has 0 fully saturated rings. The van der Waals surface area contributed by atoms with Gasteiger partial charge < -0.3 is 14.8 Å². The molecule has 0 aliphatic heterocycles. The highest BCUT2D eigenvalue weighted by Gasteiger charge is 2.38. The molecule has 0 bridgehead atoms. The van der Waals surface area contributed by atoms with Crippen LogP contribution in [0.1, 0.15) is 5.69 Å². The number of nitrogens with one attached hydrogen (secondary N) is 1. The number of alkyl halides is 3. The molecule has 0 aliphatic rings. The predicted molar refractivity (Wildman–Crippen MR) is 64.0 cm³/mol. The van der Waals surface area contributed by atoms with Gasteiger partial charge in [-0.25, -0.2) is 4.98 Å². The predicted octanol–water partition coefficient (Wildman–Crippen LogP) is 0.916. The summed E-state index contributed by atoms with van der Waals surface area (Å²) in [5, 5.41) is 10.8. The fraction of sp³-hybridized carbons (Fsp3) is 0.333. The number of amides is 1. The maximum absolute atomic E-state index is 12.0. The van der Waals surface area contributed by atoms with Crippen LogP contribution in [0.5, 0.6) is 0 Å². The zero-order valence-electron chi connectivity index (χ0n) is 10.3. The van der Waals surface area contributed by atoms with E-state index in [0.29, 0.717) is 11.3 Å². The molecule has 1 atom stereocenters. The standard InChI is InChI=1S/C12H12F3N3O2/c13-12(14,15)9(19)6-16-11(20)5-8-7-18-4-2-1-3-10(18)17-8/h1-4,7,9,19H,5-6H2,(H,16,20). The number of aromatic nitrogens is 2. The number of carbonyl (C=O) groups is 1. The zero-order chi connectivity index (χ0) is 14.8. The number of nitrogens with zero attached hydrogens (tertiary/aromatic N) is 2. The van der Waals surface area contributed by atoms with Crippen molar-refractivity contribution >= 4 is 11.6 Å². The number of halogens is 3. The van der Waals surface area contributed by atoms with Crippen molar-refractivity contribution < 1.29 is 23.1 Å². The second-order valence-electron chi connectivity index (χ2n) is 4.24. The number of hydrogen-bond acceptors (Lipinski definition) is 3. The van der Waals surface area contributed by atoms with Crippen LogP contribution in [0.4, 0.5) is 13.2 Å².